The number of ketones is 2. The maximum absolute atomic E-state index is 16.5. The largest absolute Gasteiger partial charge is 0.482 e. The fraction of sp³-hybridized carbons (Fsp3) is 0.653. The van der Waals surface area contributed by atoms with E-state index in [1.165, 1.54) is 7.11 Å². The minimum Gasteiger partial charge on any atom is -0.482 e. The molecule has 9 rings (SSSR count). The Hall–Kier alpha value is -3.93. The molecule has 8 aliphatic rings. The normalized spacial score (nSPS) is 37.1. The Kier molecular flexibility index (Phi) is 12.4. The van der Waals surface area contributed by atoms with Gasteiger partial charge in [-0.1, -0.05) is 29.4 Å². The summed E-state index contributed by atoms with van der Waals surface area (Å²) in [7, 11) is 1.29. The summed E-state index contributed by atoms with van der Waals surface area (Å²) in [4.78, 5) is 47.0. The number of allylic oxidation sites excluding steroid dienone is 4. The third-order valence-corrected chi connectivity index (χ3v) is 14.8. The van der Waals surface area contributed by atoms with Gasteiger partial charge in [0.15, 0.2) is 22.8 Å². The number of fused-ring (bicyclic) bond motifs is 2. The lowest BCUT2D eigenvalue weighted by Crippen LogP contribution is -2.82. The molecule has 5 aliphatic heterocycles. The van der Waals surface area contributed by atoms with Crippen molar-refractivity contribution in [1.29, 1.82) is 0 Å². The van der Waals surface area contributed by atoms with Crippen molar-refractivity contribution >= 4 is 23.6 Å². The van der Waals surface area contributed by atoms with Gasteiger partial charge >= 0.3 is 5.97 Å². The highest BCUT2D eigenvalue weighted by molar-refractivity contribution is 6.10. The number of benzene rings is 1. The van der Waals surface area contributed by atoms with Gasteiger partial charge in [-0.25, -0.2) is 4.79 Å². The molecule has 1 aromatic carbocycles. The van der Waals surface area contributed by atoms with Gasteiger partial charge in [0.25, 0.3) is 0 Å². The van der Waals surface area contributed by atoms with Crippen LogP contribution < -0.4 is 14.2 Å². The Bertz CT molecular complexity index is 2180. The Morgan fingerprint density at radius 3 is 2.30 bits per heavy atom. The van der Waals surface area contributed by atoms with Crippen LogP contribution in [0.2, 0.25) is 0 Å². The Morgan fingerprint density at radius 1 is 0.938 bits per heavy atom. The van der Waals surface area contributed by atoms with E-state index in [1.807, 2.05) is 66.7 Å². The zero-order valence-corrected chi connectivity index (χ0v) is 38.5. The predicted octanol–water partition coefficient (Wildman–Crippen LogP) is 4.19. The molecule has 6 fully saturated rings. The van der Waals surface area contributed by atoms with E-state index >= 15 is 9.59 Å². The van der Waals surface area contributed by atoms with Crippen LogP contribution in [0.25, 0.3) is 6.08 Å². The van der Waals surface area contributed by atoms with Crippen LogP contribution in [0.1, 0.15) is 103 Å². The van der Waals surface area contributed by atoms with Crippen molar-refractivity contribution in [2.75, 3.05) is 40.0 Å². The van der Waals surface area contributed by atoms with E-state index in [1.54, 1.807) is 13.0 Å². The smallest absolute Gasteiger partial charge is 0.333 e. The minimum atomic E-state index is -1.80. The van der Waals surface area contributed by atoms with E-state index in [2.05, 4.69) is 11.0 Å². The van der Waals surface area contributed by atoms with E-state index < -0.39 is 89.5 Å². The minimum absolute atomic E-state index is 0.0331. The predicted molar refractivity (Wildman–Crippen MR) is 233 cm³/mol. The van der Waals surface area contributed by atoms with Gasteiger partial charge in [0.05, 0.1) is 44.0 Å². The van der Waals surface area contributed by atoms with Crippen molar-refractivity contribution in [1.82, 2.24) is 4.90 Å². The molecule has 4 N–H and O–H groups in total. The fourth-order valence-electron chi connectivity index (χ4n) is 11.6. The summed E-state index contributed by atoms with van der Waals surface area (Å²) in [5, 5.41) is 43.2. The Balaban J connectivity index is 1.42. The molecule has 0 aromatic heterocycles. The molecule has 350 valence electrons. The molecule has 0 radical (unpaired) electrons. The summed E-state index contributed by atoms with van der Waals surface area (Å²) in [5.74, 6) is -2.80. The van der Waals surface area contributed by atoms with Gasteiger partial charge < -0.3 is 53.6 Å². The van der Waals surface area contributed by atoms with Gasteiger partial charge in [-0.05, 0) is 93.2 Å². The molecule has 0 amide bonds. The number of rotatable bonds is 12. The van der Waals surface area contributed by atoms with E-state index in [0.29, 0.717) is 62.4 Å². The molecule has 3 aliphatic carbocycles. The van der Waals surface area contributed by atoms with Crippen molar-refractivity contribution in [2.45, 2.75) is 147 Å². The number of methoxy groups -OCH3 is 1. The highest BCUT2D eigenvalue weighted by Crippen LogP contribution is 2.71. The van der Waals surface area contributed by atoms with Crippen LogP contribution in [0.5, 0.6) is 17.2 Å². The van der Waals surface area contributed by atoms with E-state index in [4.69, 9.17) is 33.2 Å². The van der Waals surface area contributed by atoms with Crippen molar-refractivity contribution < 1.29 is 68.0 Å². The summed E-state index contributed by atoms with van der Waals surface area (Å²) < 4.78 is 45.3. The number of carbonyl (C=O) groups is 3. The van der Waals surface area contributed by atoms with Gasteiger partial charge in [-0.3, -0.25) is 14.5 Å². The van der Waals surface area contributed by atoms with Gasteiger partial charge in [0, 0.05) is 48.5 Å². The molecule has 1 aromatic rings. The summed E-state index contributed by atoms with van der Waals surface area (Å²) >= 11 is 0. The second kappa shape index (κ2) is 17.1. The molecule has 7 unspecified atom stereocenters. The summed E-state index contributed by atoms with van der Waals surface area (Å²) in [6.07, 6.45) is 3.27. The number of aliphatic hydroxyl groups is 4. The van der Waals surface area contributed by atoms with Crippen LogP contribution >= 0.6 is 0 Å². The molecular weight excluding hydrogens is 827 g/mol. The highest BCUT2D eigenvalue weighted by atomic mass is 16.7. The van der Waals surface area contributed by atoms with E-state index in [0.717, 1.165) is 11.1 Å². The number of hydrogen-bond acceptors (Lipinski definition) is 15. The van der Waals surface area contributed by atoms with Gasteiger partial charge in [-0.2, -0.15) is 0 Å². The molecule has 15 nitrogen and oxygen atoms in total. The van der Waals surface area contributed by atoms with Crippen LogP contribution in [0.15, 0.2) is 41.0 Å². The second-order valence-electron chi connectivity index (χ2n) is 19.9. The third kappa shape index (κ3) is 7.29. The maximum Gasteiger partial charge on any atom is 0.333 e. The maximum atomic E-state index is 16.5. The molecule has 4 bridgehead atoms. The SMILES string of the molecule is COC(=O)C(C)=CCC12OC(C)(C)C3CC(C1=O)C(N1CCOCC1)C1C(=O)c4c(O[C@@H]5O[C@H](CO)[C@@H](O)[C@H](O)[C@H]5O)c5c(c(CC=C(C)C)c4OC132)OC(C)(CCC=C(C)C)C=C5. The number of morpholine rings is 1. The number of aliphatic hydroxyl groups excluding tert-OH is 4. The molecular formula is C49H65NO14. The summed E-state index contributed by atoms with van der Waals surface area (Å²) in [6.45, 7) is 16.5. The fourth-order valence-corrected chi connectivity index (χ4v) is 11.6. The lowest BCUT2D eigenvalue weighted by Gasteiger charge is -2.64. The topological polar surface area (TPSA) is 200 Å². The third-order valence-electron chi connectivity index (χ3n) is 14.8. The van der Waals surface area contributed by atoms with Crippen LogP contribution in [0.4, 0.5) is 0 Å². The first-order chi connectivity index (χ1) is 30.3. The second-order valence-corrected chi connectivity index (χ2v) is 19.9. The average Bonchev–Trinajstić information content (AvgIpc) is 3.40. The van der Waals surface area contributed by atoms with Crippen molar-refractivity contribution in [3.05, 3.63) is 57.7 Å². The highest BCUT2D eigenvalue weighted by Gasteiger charge is 2.86. The first-order valence-corrected chi connectivity index (χ1v) is 22.6. The number of hydrogen-bond donors (Lipinski definition) is 4. The van der Waals surface area contributed by atoms with E-state index in [-0.39, 0.29) is 47.0 Å². The Morgan fingerprint density at radius 2 is 1.64 bits per heavy atom. The summed E-state index contributed by atoms with van der Waals surface area (Å²) in [5.41, 5.74) is -1.73. The van der Waals surface area contributed by atoms with Crippen molar-refractivity contribution in [3.63, 3.8) is 0 Å². The monoisotopic (exact) mass is 891 g/mol. The average molecular weight is 892 g/mol. The van der Waals surface area contributed by atoms with Crippen molar-refractivity contribution in [3.8, 4) is 17.2 Å². The number of ether oxygens (including phenoxy) is 7. The zero-order valence-electron chi connectivity index (χ0n) is 38.5. The lowest BCUT2D eigenvalue weighted by atomic mass is 9.44. The number of Topliss-reactive ketones (excluding diaryl/α,β-unsaturated/α-hetero) is 2. The van der Waals surface area contributed by atoms with Crippen molar-refractivity contribution in [2.24, 2.45) is 17.8 Å². The molecule has 1 spiro atoms. The van der Waals surface area contributed by atoms with Crippen LogP contribution in [-0.4, -0.2) is 142 Å². The van der Waals surface area contributed by atoms with Gasteiger partial charge in [0.2, 0.25) is 6.29 Å². The first-order valence-electron chi connectivity index (χ1n) is 22.6. The van der Waals surface area contributed by atoms with Gasteiger partial charge in [0.1, 0.15) is 52.8 Å². The Labute approximate surface area is 375 Å². The quantitative estimate of drug-likeness (QED) is 0.132. The molecule has 3 saturated carbocycles. The number of nitrogens with zero attached hydrogens (tertiary/aromatic N) is 1. The molecule has 3 saturated heterocycles. The molecule has 64 heavy (non-hydrogen) atoms. The molecule has 5 heterocycles. The van der Waals surface area contributed by atoms with Crippen LogP contribution in [0.3, 0.4) is 0 Å². The van der Waals surface area contributed by atoms with Gasteiger partial charge in [-0.15, -0.1) is 0 Å². The van der Waals surface area contributed by atoms with E-state index in [9.17, 15) is 25.2 Å². The zero-order chi connectivity index (χ0) is 46.3. The molecule has 12 atom stereocenters. The first kappa shape index (κ1) is 46.6. The van der Waals surface area contributed by atoms with Crippen LogP contribution in [0, 0.1) is 17.8 Å². The van der Waals surface area contributed by atoms with Crippen LogP contribution in [-0.2, 0) is 35.0 Å². The number of carbonyl (C=O) groups excluding carboxylic acids is 3. The lowest BCUT2D eigenvalue weighted by molar-refractivity contribution is -0.277. The summed E-state index contributed by atoms with van der Waals surface area (Å²) in [6, 6.07) is -0.632. The number of esters is 1. The molecule has 15 heteroatoms. The standard InChI is InChI=1S/C49H65NO14/c1-25(2)11-10-16-47(8)17-15-29-40(62-47)28(13-12-26(3)4)42-33(41(29)61-45-39(55)38(54)36(52)31(24-51)60-45)37(53)34-35(50-19-21-59-22-20-50)30-23-32-46(6,7)64-48(43(30)56,49(32,34)63-42)18-14-27(5)44(57)58-9/h11-12,14-15,17,30-32,34-36,38-39,45,51-52,54-55H,10,13,16,18-24H2,1-9H3/t30?,31-,32?,34?,35?,36-,38+,39-,45+,47?,48?,49?/m1/s1.